The molecular weight excluding hydrogens is 344 g/mol. The van der Waals surface area contributed by atoms with Crippen LogP contribution in [0.5, 0.6) is 5.75 Å². The molecule has 0 unspecified atom stereocenters. The minimum absolute atomic E-state index is 0.0386. The van der Waals surface area contributed by atoms with Crippen LogP contribution < -0.4 is 0 Å². The van der Waals surface area contributed by atoms with Gasteiger partial charge in [-0.2, -0.15) is 4.98 Å². The first-order valence-electron chi connectivity index (χ1n) is 5.72. The number of hydrogen-bond acceptors (Lipinski definition) is 4. The second kappa shape index (κ2) is 5.26. The third-order valence-corrected chi connectivity index (χ3v) is 3.66. The summed E-state index contributed by atoms with van der Waals surface area (Å²) in [6, 6.07) is 12.2. The molecule has 4 nitrogen and oxygen atoms in total. The van der Waals surface area contributed by atoms with Gasteiger partial charge in [0.15, 0.2) is 0 Å². The van der Waals surface area contributed by atoms with Crippen LogP contribution in [0.3, 0.4) is 0 Å². The number of benzene rings is 2. The molecule has 0 aliphatic rings. The first-order valence-corrected chi connectivity index (χ1v) is 6.90. The van der Waals surface area contributed by atoms with E-state index in [1.165, 1.54) is 6.07 Å². The molecule has 0 spiro atoms. The number of hydrogen-bond donors (Lipinski definition) is 1. The minimum atomic E-state index is 0.0386. The maximum Gasteiger partial charge on any atom is 0.262 e. The fourth-order valence-corrected chi connectivity index (χ4v) is 2.40. The van der Waals surface area contributed by atoms with Gasteiger partial charge in [-0.05, 0) is 30.3 Å². The highest BCUT2D eigenvalue weighted by molar-refractivity contribution is 9.10. The highest BCUT2D eigenvalue weighted by Crippen LogP contribution is 2.33. The zero-order valence-electron chi connectivity index (χ0n) is 10.0. The van der Waals surface area contributed by atoms with Crippen molar-refractivity contribution >= 4 is 27.5 Å². The van der Waals surface area contributed by atoms with Gasteiger partial charge in [0.2, 0.25) is 5.82 Å². The van der Waals surface area contributed by atoms with Crippen molar-refractivity contribution in [2.24, 2.45) is 0 Å². The van der Waals surface area contributed by atoms with E-state index in [1.807, 2.05) is 24.3 Å². The highest BCUT2D eigenvalue weighted by Gasteiger charge is 2.15. The number of rotatable bonds is 2. The van der Waals surface area contributed by atoms with Crippen LogP contribution in [0.25, 0.3) is 22.8 Å². The third kappa shape index (κ3) is 2.42. The fraction of sp³-hybridized carbons (Fsp3) is 0. The maximum atomic E-state index is 9.83. The van der Waals surface area contributed by atoms with Crippen molar-refractivity contribution in [2.45, 2.75) is 0 Å². The van der Waals surface area contributed by atoms with Crippen LogP contribution in [-0.4, -0.2) is 15.2 Å². The van der Waals surface area contributed by atoms with Crippen molar-refractivity contribution in [3.8, 4) is 28.6 Å². The molecule has 1 N–H and O–H groups in total. The lowest BCUT2D eigenvalue weighted by atomic mass is 10.2. The van der Waals surface area contributed by atoms with Crippen molar-refractivity contribution < 1.29 is 9.63 Å². The summed E-state index contributed by atoms with van der Waals surface area (Å²) < 4.78 is 6.06. The van der Waals surface area contributed by atoms with Crippen LogP contribution in [0.1, 0.15) is 0 Å². The molecule has 0 saturated carbocycles. The Morgan fingerprint density at radius 1 is 1.10 bits per heavy atom. The number of phenolic OH excluding ortho intramolecular Hbond substituents is 1. The molecule has 3 aromatic rings. The van der Waals surface area contributed by atoms with E-state index in [4.69, 9.17) is 16.1 Å². The molecule has 2 aromatic carbocycles. The van der Waals surface area contributed by atoms with Gasteiger partial charge in [0.1, 0.15) is 5.75 Å². The van der Waals surface area contributed by atoms with E-state index in [0.29, 0.717) is 16.4 Å². The Balaban J connectivity index is 2.07. The fourth-order valence-electron chi connectivity index (χ4n) is 1.76. The molecule has 0 radical (unpaired) electrons. The quantitative estimate of drug-likeness (QED) is 0.737. The summed E-state index contributed by atoms with van der Waals surface area (Å²) in [5, 5.41) is 14.2. The predicted octanol–water partition coefficient (Wildman–Crippen LogP) is 4.53. The maximum absolute atomic E-state index is 9.83. The normalized spacial score (nSPS) is 10.7. The average Bonchev–Trinajstić information content (AvgIpc) is 2.91. The molecule has 3 rings (SSSR count). The molecule has 0 saturated heterocycles. The van der Waals surface area contributed by atoms with Gasteiger partial charge in [0.05, 0.1) is 5.56 Å². The number of phenols is 1. The molecule has 0 atom stereocenters. The summed E-state index contributed by atoms with van der Waals surface area (Å²) in [5.41, 5.74) is 1.22. The predicted molar refractivity (Wildman–Crippen MR) is 79.5 cm³/mol. The first-order chi connectivity index (χ1) is 9.65. The van der Waals surface area contributed by atoms with Crippen LogP contribution in [0.2, 0.25) is 5.02 Å². The van der Waals surface area contributed by atoms with Gasteiger partial charge in [-0.1, -0.05) is 44.8 Å². The lowest BCUT2D eigenvalue weighted by Gasteiger charge is -1.99. The van der Waals surface area contributed by atoms with Gasteiger partial charge in [0.25, 0.3) is 5.89 Å². The largest absolute Gasteiger partial charge is 0.507 e. The molecule has 6 heteroatoms. The van der Waals surface area contributed by atoms with E-state index in [9.17, 15) is 5.11 Å². The Bertz CT molecular complexity index is 773. The van der Waals surface area contributed by atoms with Gasteiger partial charge in [-0.3, -0.25) is 0 Å². The lowest BCUT2D eigenvalue weighted by Crippen LogP contribution is -1.83. The molecule has 0 aliphatic carbocycles. The zero-order valence-corrected chi connectivity index (χ0v) is 12.4. The van der Waals surface area contributed by atoms with Crippen LogP contribution in [0.4, 0.5) is 0 Å². The van der Waals surface area contributed by atoms with Crippen LogP contribution in [0, 0.1) is 0 Å². The van der Waals surface area contributed by atoms with E-state index in [2.05, 4.69) is 26.1 Å². The van der Waals surface area contributed by atoms with Crippen molar-refractivity contribution in [1.82, 2.24) is 10.1 Å². The molecule has 1 heterocycles. The van der Waals surface area contributed by atoms with Gasteiger partial charge in [-0.25, -0.2) is 0 Å². The summed E-state index contributed by atoms with van der Waals surface area (Å²) >= 11 is 9.34. The summed E-state index contributed by atoms with van der Waals surface area (Å²) in [6.07, 6.45) is 0. The second-order valence-electron chi connectivity index (χ2n) is 4.06. The Labute approximate surface area is 128 Å². The van der Waals surface area contributed by atoms with E-state index in [0.717, 1.165) is 10.0 Å². The second-order valence-corrected chi connectivity index (χ2v) is 5.36. The number of nitrogens with zero attached hydrogens (tertiary/aromatic N) is 2. The smallest absolute Gasteiger partial charge is 0.262 e. The number of halogens is 2. The molecule has 0 amide bonds. The first kappa shape index (κ1) is 13.1. The molecular formula is C14H8BrClN2O2. The Hall–Kier alpha value is -1.85. The highest BCUT2D eigenvalue weighted by atomic mass is 79.9. The van der Waals surface area contributed by atoms with E-state index < -0.39 is 0 Å². The third-order valence-electron chi connectivity index (χ3n) is 2.73. The van der Waals surface area contributed by atoms with Crippen molar-refractivity contribution in [3.05, 3.63) is 52.0 Å². The zero-order chi connectivity index (χ0) is 14.1. The topological polar surface area (TPSA) is 59.2 Å². The Morgan fingerprint density at radius 2 is 1.90 bits per heavy atom. The van der Waals surface area contributed by atoms with Crippen molar-refractivity contribution in [1.29, 1.82) is 0 Å². The van der Waals surface area contributed by atoms with Gasteiger partial charge in [0, 0.05) is 15.1 Å². The monoisotopic (exact) mass is 350 g/mol. The minimum Gasteiger partial charge on any atom is -0.507 e. The van der Waals surface area contributed by atoms with E-state index in [1.54, 1.807) is 12.1 Å². The van der Waals surface area contributed by atoms with Gasteiger partial charge in [-0.15, -0.1) is 0 Å². The molecule has 100 valence electrons. The molecule has 0 fully saturated rings. The SMILES string of the molecule is Oc1ccc(Cl)cc1-c1nc(-c2ccccc2Br)no1. The lowest BCUT2D eigenvalue weighted by molar-refractivity contribution is 0.425. The standard InChI is InChI=1S/C14H8BrClN2O2/c15-11-4-2-1-3-9(11)13-17-14(20-18-13)10-7-8(16)5-6-12(10)19/h1-7,19H. The Kier molecular flexibility index (Phi) is 3.46. The average molecular weight is 352 g/mol. The van der Waals surface area contributed by atoms with Crippen molar-refractivity contribution in [3.63, 3.8) is 0 Å². The molecule has 20 heavy (non-hydrogen) atoms. The number of aromatic hydroxyl groups is 1. The molecule has 0 bridgehead atoms. The summed E-state index contributed by atoms with van der Waals surface area (Å²) in [7, 11) is 0. The van der Waals surface area contributed by atoms with E-state index >= 15 is 0 Å². The van der Waals surface area contributed by atoms with E-state index in [-0.39, 0.29) is 11.6 Å². The molecule has 0 aliphatic heterocycles. The summed E-state index contributed by atoms with van der Waals surface area (Å²) in [4.78, 5) is 4.29. The molecule has 1 aromatic heterocycles. The van der Waals surface area contributed by atoms with Crippen molar-refractivity contribution in [2.75, 3.05) is 0 Å². The summed E-state index contributed by atoms with van der Waals surface area (Å²) in [6.45, 7) is 0. The number of aromatic nitrogens is 2. The van der Waals surface area contributed by atoms with Crippen LogP contribution in [0.15, 0.2) is 51.5 Å². The Morgan fingerprint density at radius 3 is 2.70 bits per heavy atom. The van der Waals surface area contributed by atoms with Gasteiger partial charge < -0.3 is 9.63 Å². The van der Waals surface area contributed by atoms with Crippen LogP contribution in [-0.2, 0) is 0 Å². The van der Waals surface area contributed by atoms with Gasteiger partial charge >= 0.3 is 0 Å². The van der Waals surface area contributed by atoms with Crippen LogP contribution >= 0.6 is 27.5 Å². The summed E-state index contributed by atoms with van der Waals surface area (Å²) in [5.74, 6) is 0.694.